The van der Waals surface area contributed by atoms with Gasteiger partial charge in [0.2, 0.25) is 5.88 Å². The summed E-state index contributed by atoms with van der Waals surface area (Å²) in [5.41, 5.74) is 1.41. The van der Waals surface area contributed by atoms with E-state index >= 15 is 0 Å². The second-order valence-electron chi connectivity index (χ2n) is 8.96. The van der Waals surface area contributed by atoms with Crippen LogP contribution in [0.5, 0.6) is 5.88 Å². The Morgan fingerprint density at radius 1 is 1.17 bits per heavy atom. The number of benzene rings is 1. The number of hydrogen-bond donors (Lipinski definition) is 0. The van der Waals surface area contributed by atoms with Gasteiger partial charge in [-0.15, -0.1) is 10.2 Å². The molecule has 0 bridgehead atoms. The molecule has 0 spiro atoms. The van der Waals surface area contributed by atoms with Gasteiger partial charge in [0.25, 0.3) is 0 Å². The molecule has 2 aliphatic rings. The first kappa shape index (κ1) is 23.8. The van der Waals surface area contributed by atoms with E-state index in [1.807, 2.05) is 16.7 Å². The summed E-state index contributed by atoms with van der Waals surface area (Å²) in [6.45, 7) is 3.89. The van der Waals surface area contributed by atoms with E-state index < -0.39 is 5.82 Å². The van der Waals surface area contributed by atoms with E-state index in [1.165, 1.54) is 6.07 Å². The summed E-state index contributed by atoms with van der Waals surface area (Å²) < 4.78 is 27.2. The number of piperidine rings is 1. The van der Waals surface area contributed by atoms with Gasteiger partial charge < -0.3 is 14.0 Å². The van der Waals surface area contributed by atoms with Crippen molar-refractivity contribution in [2.45, 2.75) is 51.0 Å². The Kier molecular flexibility index (Phi) is 7.36. The fourth-order valence-electron chi connectivity index (χ4n) is 4.50. The molecule has 5 rings (SSSR count). The van der Waals surface area contributed by atoms with Gasteiger partial charge >= 0.3 is 0 Å². The van der Waals surface area contributed by atoms with Crippen LogP contribution in [0.3, 0.4) is 0 Å². The number of nitrogens with zero attached hydrogens (tertiary/aromatic N) is 5. The van der Waals surface area contributed by atoms with Gasteiger partial charge in [-0.1, -0.05) is 23.7 Å². The lowest BCUT2D eigenvalue weighted by Crippen LogP contribution is -2.35. The van der Waals surface area contributed by atoms with Crippen molar-refractivity contribution < 1.29 is 18.7 Å². The van der Waals surface area contributed by atoms with Crippen LogP contribution in [0.4, 0.5) is 4.39 Å². The molecule has 4 heterocycles. The third kappa shape index (κ3) is 5.69. The first-order valence-corrected chi connectivity index (χ1v) is 12.2. The van der Waals surface area contributed by atoms with E-state index in [0.717, 1.165) is 56.8 Å². The van der Waals surface area contributed by atoms with Crippen LogP contribution in [-0.4, -0.2) is 56.7 Å². The number of ether oxygens (including phenoxy) is 2. The summed E-state index contributed by atoms with van der Waals surface area (Å²) in [6, 6.07) is 10.3. The molecule has 8 nitrogen and oxygen atoms in total. The van der Waals surface area contributed by atoms with Crippen molar-refractivity contribution in [1.29, 1.82) is 0 Å². The number of carbonyl (C=O) groups excluding carboxylic acids is 1. The van der Waals surface area contributed by atoms with E-state index in [4.69, 9.17) is 21.1 Å². The van der Waals surface area contributed by atoms with Gasteiger partial charge in [-0.3, -0.25) is 9.69 Å². The molecule has 1 atom stereocenters. The number of carbonyl (C=O) groups is 1. The number of hydrogen-bond acceptors (Lipinski definition) is 7. The van der Waals surface area contributed by atoms with Gasteiger partial charge in [-0.25, -0.2) is 9.37 Å². The SMILES string of the molecule is O=Cc1nnc(CN2CCC(c3cccc(OCc4ccc(Cl)cc4F)n3)CC2)n1C[C@@H]1CCO1. The minimum absolute atomic E-state index is 0.0905. The fraction of sp³-hybridized carbons (Fsp3) is 0.440. The normalized spacial score (nSPS) is 18.9. The summed E-state index contributed by atoms with van der Waals surface area (Å²) in [4.78, 5) is 18.4. The Balaban J connectivity index is 1.16. The summed E-state index contributed by atoms with van der Waals surface area (Å²) in [7, 11) is 0. The molecule has 2 aromatic heterocycles. The lowest BCUT2D eigenvalue weighted by molar-refractivity contribution is -0.0599. The van der Waals surface area contributed by atoms with Crippen molar-refractivity contribution >= 4 is 17.9 Å². The van der Waals surface area contributed by atoms with E-state index in [9.17, 15) is 9.18 Å². The molecule has 0 saturated carbocycles. The average Bonchev–Trinajstić information content (AvgIpc) is 3.22. The van der Waals surface area contributed by atoms with Crippen molar-refractivity contribution in [1.82, 2.24) is 24.6 Å². The van der Waals surface area contributed by atoms with E-state index in [2.05, 4.69) is 20.1 Å². The molecule has 2 fully saturated rings. The number of pyridine rings is 1. The molecule has 0 N–H and O–H groups in total. The second kappa shape index (κ2) is 10.8. The number of aldehydes is 1. The zero-order valence-electron chi connectivity index (χ0n) is 19.3. The van der Waals surface area contributed by atoms with Gasteiger partial charge in [0, 0.05) is 34.9 Å². The molecule has 10 heteroatoms. The molecule has 3 aromatic rings. The number of aromatic nitrogens is 4. The molecule has 0 amide bonds. The molecule has 2 saturated heterocycles. The van der Waals surface area contributed by atoms with Crippen LogP contribution in [0.1, 0.15) is 52.9 Å². The van der Waals surface area contributed by atoms with Crippen molar-refractivity contribution in [3.05, 3.63) is 70.1 Å². The smallest absolute Gasteiger partial charge is 0.213 e. The highest BCUT2D eigenvalue weighted by Crippen LogP contribution is 2.29. The summed E-state index contributed by atoms with van der Waals surface area (Å²) in [5, 5.41) is 8.66. The summed E-state index contributed by atoms with van der Waals surface area (Å²) in [6.07, 6.45) is 3.77. The van der Waals surface area contributed by atoms with E-state index in [-0.39, 0.29) is 12.7 Å². The molecule has 0 aliphatic carbocycles. The van der Waals surface area contributed by atoms with Crippen molar-refractivity contribution in [2.24, 2.45) is 0 Å². The molecular weight excluding hydrogens is 473 g/mol. The second-order valence-corrected chi connectivity index (χ2v) is 9.40. The van der Waals surface area contributed by atoms with Crippen molar-refractivity contribution in [2.75, 3.05) is 19.7 Å². The number of halogens is 2. The maximum absolute atomic E-state index is 14.0. The average molecular weight is 500 g/mol. The Labute approximate surface area is 208 Å². The van der Waals surface area contributed by atoms with Crippen molar-refractivity contribution in [3.8, 4) is 5.88 Å². The maximum atomic E-state index is 14.0. The Morgan fingerprint density at radius 3 is 2.71 bits per heavy atom. The van der Waals surface area contributed by atoms with Crippen LogP contribution >= 0.6 is 11.6 Å². The first-order valence-electron chi connectivity index (χ1n) is 11.8. The highest BCUT2D eigenvalue weighted by atomic mass is 35.5. The monoisotopic (exact) mass is 499 g/mol. The van der Waals surface area contributed by atoms with Gasteiger partial charge in [0.1, 0.15) is 18.2 Å². The minimum Gasteiger partial charge on any atom is -0.473 e. The lowest BCUT2D eigenvalue weighted by Gasteiger charge is -2.32. The predicted octanol–water partition coefficient (Wildman–Crippen LogP) is 4.03. The maximum Gasteiger partial charge on any atom is 0.213 e. The van der Waals surface area contributed by atoms with Crippen LogP contribution in [0.25, 0.3) is 0 Å². The van der Waals surface area contributed by atoms with Crippen LogP contribution < -0.4 is 4.74 Å². The Bertz CT molecular complexity index is 1180. The van der Waals surface area contributed by atoms with Gasteiger partial charge in [0.05, 0.1) is 19.2 Å². The third-order valence-electron chi connectivity index (χ3n) is 6.65. The number of rotatable bonds is 9. The standard InChI is InChI=1S/C25H27ClFN5O3/c26-19-5-4-18(21(27)12-19)16-35-25-3-1-2-22(28-25)17-6-9-31(10-7-17)14-23-29-30-24(15-33)32(23)13-20-8-11-34-20/h1-5,12,15,17,20H,6-11,13-14,16H2/t20-/m0/s1. The predicted molar refractivity (Wildman–Crippen MR) is 127 cm³/mol. The van der Waals surface area contributed by atoms with Crippen molar-refractivity contribution in [3.63, 3.8) is 0 Å². The molecule has 0 unspecified atom stereocenters. The van der Waals surface area contributed by atoms with E-state index in [1.54, 1.807) is 18.2 Å². The largest absolute Gasteiger partial charge is 0.473 e. The Morgan fingerprint density at radius 2 is 2.00 bits per heavy atom. The molecule has 2 aliphatic heterocycles. The molecule has 0 radical (unpaired) electrons. The number of likely N-dealkylation sites (tertiary alicyclic amines) is 1. The van der Waals surface area contributed by atoms with Crippen LogP contribution in [0.15, 0.2) is 36.4 Å². The van der Waals surface area contributed by atoms with E-state index in [0.29, 0.717) is 41.3 Å². The van der Waals surface area contributed by atoms with Gasteiger partial charge in [-0.05, 0) is 50.6 Å². The highest BCUT2D eigenvalue weighted by molar-refractivity contribution is 6.30. The van der Waals surface area contributed by atoms with Gasteiger partial charge in [-0.2, -0.15) is 0 Å². The first-order chi connectivity index (χ1) is 17.1. The van der Waals surface area contributed by atoms with Crippen LogP contribution in [-0.2, 0) is 24.4 Å². The minimum atomic E-state index is -0.391. The summed E-state index contributed by atoms with van der Waals surface area (Å²) in [5.74, 6) is 1.55. The fourth-order valence-corrected chi connectivity index (χ4v) is 4.66. The zero-order chi connectivity index (χ0) is 24.2. The van der Waals surface area contributed by atoms with Crippen LogP contribution in [0.2, 0.25) is 5.02 Å². The Hall–Kier alpha value is -2.88. The van der Waals surface area contributed by atoms with Crippen LogP contribution in [0, 0.1) is 5.82 Å². The summed E-state index contributed by atoms with van der Waals surface area (Å²) >= 11 is 5.82. The zero-order valence-corrected chi connectivity index (χ0v) is 20.0. The lowest BCUT2D eigenvalue weighted by atomic mass is 9.93. The third-order valence-corrected chi connectivity index (χ3v) is 6.88. The molecular formula is C25H27ClFN5O3. The highest BCUT2D eigenvalue weighted by Gasteiger charge is 2.26. The molecule has 184 valence electrons. The molecule has 35 heavy (non-hydrogen) atoms. The topological polar surface area (TPSA) is 82.4 Å². The quantitative estimate of drug-likeness (QED) is 0.411. The van der Waals surface area contributed by atoms with Gasteiger partial charge in [0.15, 0.2) is 12.1 Å². The molecule has 1 aromatic carbocycles.